The van der Waals surface area contributed by atoms with Crippen LogP contribution < -0.4 is 5.73 Å². The van der Waals surface area contributed by atoms with Crippen molar-refractivity contribution in [3.63, 3.8) is 0 Å². The van der Waals surface area contributed by atoms with E-state index in [0.717, 1.165) is 19.8 Å². The van der Waals surface area contributed by atoms with Crippen LogP contribution in [0, 0.1) is 6.92 Å². The fourth-order valence-electron chi connectivity index (χ4n) is 1.59. The van der Waals surface area contributed by atoms with Gasteiger partial charge in [0.05, 0.1) is 12.3 Å². The van der Waals surface area contributed by atoms with E-state index < -0.39 is 30.9 Å². The van der Waals surface area contributed by atoms with Gasteiger partial charge in [-0.1, -0.05) is 15.9 Å². The summed E-state index contributed by atoms with van der Waals surface area (Å²) in [7, 11) is 0. The number of benzene rings is 1. The lowest BCUT2D eigenvalue weighted by Gasteiger charge is -2.18. The third-order valence-corrected chi connectivity index (χ3v) is 4.17. The second-order valence-corrected chi connectivity index (χ2v) is 6.24. The third-order valence-electron chi connectivity index (χ3n) is 2.51. The van der Waals surface area contributed by atoms with Gasteiger partial charge < -0.3 is 15.7 Å². The molecule has 0 saturated heterocycles. The van der Waals surface area contributed by atoms with Gasteiger partial charge in [-0.2, -0.15) is 0 Å². The van der Waals surface area contributed by atoms with E-state index in [4.69, 9.17) is 10.8 Å². The zero-order valence-corrected chi connectivity index (χ0v) is 13.7. The average molecular weight is 375 g/mol. The summed E-state index contributed by atoms with van der Waals surface area (Å²) in [5.74, 6) is -2.32. The summed E-state index contributed by atoms with van der Waals surface area (Å²) in [5.41, 5.74) is 6.02. The number of carboxylic acid groups (broad SMARTS) is 1. The molecule has 0 heterocycles. The molecule has 2 amide bonds. The SMILES string of the molecule is Cc1cc(Br)ccc1SCC(=O)N(CC(N)=O)CC(=O)O. The number of nitrogens with two attached hydrogens (primary N) is 1. The van der Waals surface area contributed by atoms with Gasteiger partial charge >= 0.3 is 5.97 Å². The van der Waals surface area contributed by atoms with Crippen molar-refractivity contribution in [2.45, 2.75) is 11.8 Å². The summed E-state index contributed by atoms with van der Waals surface area (Å²) < 4.78 is 0.942. The quantitative estimate of drug-likeness (QED) is 0.699. The van der Waals surface area contributed by atoms with Crippen molar-refractivity contribution in [3.05, 3.63) is 28.2 Å². The number of nitrogens with zero attached hydrogens (tertiary/aromatic N) is 1. The molecule has 3 N–H and O–H groups in total. The highest BCUT2D eigenvalue weighted by atomic mass is 79.9. The first kappa shape index (κ1) is 17.5. The Bertz CT molecular complexity index is 549. The molecule has 0 aromatic heterocycles. The van der Waals surface area contributed by atoms with Crippen LogP contribution in [-0.4, -0.2) is 46.6 Å². The van der Waals surface area contributed by atoms with Gasteiger partial charge in [-0.15, -0.1) is 11.8 Å². The summed E-state index contributed by atoms with van der Waals surface area (Å²) in [6.45, 7) is 0.975. The van der Waals surface area contributed by atoms with Crippen molar-refractivity contribution in [3.8, 4) is 0 Å². The molecule has 1 aromatic carbocycles. The minimum atomic E-state index is -1.19. The molecule has 8 heteroatoms. The van der Waals surface area contributed by atoms with Crippen LogP contribution in [0.2, 0.25) is 0 Å². The predicted octanol–water partition coefficient (Wildman–Crippen LogP) is 1.25. The maximum atomic E-state index is 12.0. The minimum absolute atomic E-state index is 0.0447. The number of primary amides is 1. The number of aliphatic carboxylic acids is 1. The molecule has 0 saturated carbocycles. The van der Waals surface area contributed by atoms with E-state index in [1.807, 2.05) is 25.1 Å². The van der Waals surface area contributed by atoms with E-state index in [9.17, 15) is 14.4 Å². The highest BCUT2D eigenvalue weighted by Gasteiger charge is 2.19. The number of amides is 2. The number of hydrogen-bond donors (Lipinski definition) is 2. The second-order valence-electron chi connectivity index (χ2n) is 4.31. The summed E-state index contributed by atoms with van der Waals surface area (Å²) >= 11 is 4.64. The molecule has 0 atom stereocenters. The molecular formula is C13H15BrN2O4S. The highest BCUT2D eigenvalue weighted by molar-refractivity contribution is 9.10. The van der Waals surface area contributed by atoms with E-state index in [1.165, 1.54) is 11.8 Å². The molecule has 0 unspecified atom stereocenters. The van der Waals surface area contributed by atoms with E-state index in [-0.39, 0.29) is 5.75 Å². The van der Waals surface area contributed by atoms with Crippen LogP contribution >= 0.6 is 27.7 Å². The first-order valence-corrected chi connectivity index (χ1v) is 7.74. The predicted molar refractivity (Wildman–Crippen MR) is 83.0 cm³/mol. The standard InChI is InChI=1S/C13H15BrN2O4S/c1-8-4-9(14)2-3-10(8)21-7-12(18)16(5-11(15)17)6-13(19)20/h2-4H,5-7H2,1H3,(H2,15,17)(H,19,20). The zero-order chi connectivity index (χ0) is 16.0. The molecule has 0 fully saturated rings. The van der Waals surface area contributed by atoms with Gasteiger partial charge in [0.25, 0.3) is 0 Å². The Hall–Kier alpha value is -1.54. The Labute approximate surface area is 134 Å². The first-order chi connectivity index (χ1) is 9.79. The number of carbonyl (C=O) groups is 3. The lowest BCUT2D eigenvalue weighted by molar-refractivity contribution is -0.144. The summed E-state index contributed by atoms with van der Waals surface area (Å²) in [5, 5.41) is 8.75. The molecule has 0 aliphatic carbocycles. The fraction of sp³-hybridized carbons (Fsp3) is 0.308. The number of aryl methyl sites for hydroxylation is 1. The number of halogens is 1. The number of thioether (sulfide) groups is 1. The van der Waals surface area contributed by atoms with E-state index in [0.29, 0.717) is 0 Å². The van der Waals surface area contributed by atoms with Crippen LogP contribution in [0.1, 0.15) is 5.56 Å². The number of rotatable bonds is 7. The van der Waals surface area contributed by atoms with Gasteiger partial charge in [-0.05, 0) is 30.7 Å². The summed E-state index contributed by atoms with van der Waals surface area (Å²) in [6, 6.07) is 5.65. The average Bonchev–Trinajstić information content (AvgIpc) is 2.35. The zero-order valence-electron chi connectivity index (χ0n) is 11.3. The van der Waals surface area contributed by atoms with Gasteiger partial charge in [0.1, 0.15) is 6.54 Å². The van der Waals surface area contributed by atoms with Crippen molar-refractivity contribution >= 4 is 45.5 Å². The number of carboxylic acids is 1. The lowest BCUT2D eigenvalue weighted by atomic mass is 10.2. The summed E-state index contributed by atoms with van der Waals surface area (Å²) in [4.78, 5) is 35.4. The maximum absolute atomic E-state index is 12.0. The third kappa shape index (κ3) is 6.17. The van der Waals surface area contributed by atoms with Crippen molar-refractivity contribution < 1.29 is 19.5 Å². The molecule has 21 heavy (non-hydrogen) atoms. The Balaban J connectivity index is 2.68. The van der Waals surface area contributed by atoms with Gasteiger partial charge in [-0.25, -0.2) is 0 Å². The highest BCUT2D eigenvalue weighted by Crippen LogP contribution is 2.25. The smallest absolute Gasteiger partial charge is 0.323 e. The Morgan fingerprint density at radius 3 is 2.52 bits per heavy atom. The monoisotopic (exact) mass is 374 g/mol. The van der Waals surface area contributed by atoms with Crippen LogP contribution in [0.5, 0.6) is 0 Å². The van der Waals surface area contributed by atoms with Crippen LogP contribution in [0.15, 0.2) is 27.6 Å². The Morgan fingerprint density at radius 1 is 1.33 bits per heavy atom. The Morgan fingerprint density at radius 2 is 2.00 bits per heavy atom. The molecule has 6 nitrogen and oxygen atoms in total. The van der Waals surface area contributed by atoms with E-state index >= 15 is 0 Å². The van der Waals surface area contributed by atoms with Crippen LogP contribution in [0.25, 0.3) is 0 Å². The molecule has 0 bridgehead atoms. The minimum Gasteiger partial charge on any atom is -0.480 e. The van der Waals surface area contributed by atoms with E-state index in [1.54, 1.807) is 0 Å². The van der Waals surface area contributed by atoms with Crippen molar-refractivity contribution in [1.29, 1.82) is 0 Å². The molecule has 1 rings (SSSR count). The molecule has 0 aliphatic heterocycles. The Kier molecular flexibility index (Phi) is 6.70. The molecule has 0 spiro atoms. The lowest BCUT2D eigenvalue weighted by Crippen LogP contribution is -2.42. The normalized spacial score (nSPS) is 10.2. The van der Waals surface area contributed by atoms with Gasteiger partial charge in [0.2, 0.25) is 11.8 Å². The van der Waals surface area contributed by atoms with Gasteiger partial charge in [0.15, 0.2) is 0 Å². The molecular weight excluding hydrogens is 360 g/mol. The first-order valence-electron chi connectivity index (χ1n) is 5.96. The van der Waals surface area contributed by atoms with Gasteiger partial charge in [0, 0.05) is 9.37 Å². The van der Waals surface area contributed by atoms with Crippen LogP contribution in [0.3, 0.4) is 0 Å². The van der Waals surface area contributed by atoms with Crippen molar-refractivity contribution in [2.24, 2.45) is 5.73 Å². The van der Waals surface area contributed by atoms with Gasteiger partial charge in [-0.3, -0.25) is 14.4 Å². The maximum Gasteiger partial charge on any atom is 0.323 e. The largest absolute Gasteiger partial charge is 0.480 e. The topological polar surface area (TPSA) is 101 Å². The number of carbonyl (C=O) groups excluding carboxylic acids is 2. The van der Waals surface area contributed by atoms with Crippen molar-refractivity contribution in [2.75, 3.05) is 18.8 Å². The fourth-order valence-corrected chi connectivity index (χ4v) is 2.98. The van der Waals surface area contributed by atoms with Crippen LogP contribution in [-0.2, 0) is 14.4 Å². The second kappa shape index (κ2) is 8.04. The molecule has 0 radical (unpaired) electrons. The molecule has 114 valence electrons. The van der Waals surface area contributed by atoms with Crippen molar-refractivity contribution in [1.82, 2.24) is 4.90 Å². The van der Waals surface area contributed by atoms with Crippen LogP contribution in [0.4, 0.5) is 0 Å². The van der Waals surface area contributed by atoms with E-state index in [2.05, 4.69) is 15.9 Å². The molecule has 1 aromatic rings. The number of hydrogen-bond acceptors (Lipinski definition) is 4. The summed E-state index contributed by atoms with van der Waals surface area (Å²) in [6.07, 6.45) is 0. The molecule has 0 aliphatic rings.